The molecule has 2 aromatic heterocycles. The van der Waals surface area contributed by atoms with Crippen molar-refractivity contribution >= 4 is 77.7 Å². The Balaban J connectivity index is 0.919. The highest BCUT2D eigenvalue weighted by molar-refractivity contribution is 6.12. The number of hydrogen-bond acceptors (Lipinski definition) is 2. The maximum absolute atomic E-state index is 15.9. The van der Waals surface area contributed by atoms with Gasteiger partial charge in [-0.3, -0.25) is 0 Å². The highest BCUT2D eigenvalue weighted by atomic mass is 19.2. The van der Waals surface area contributed by atoms with Crippen LogP contribution >= 0.6 is 0 Å². The highest BCUT2D eigenvalue weighted by Gasteiger charge is 2.23. The Morgan fingerprint density at radius 3 is 1.03 bits per heavy atom. The molecule has 2 heterocycles. The normalized spacial score (nSPS) is 11.6. The van der Waals surface area contributed by atoms with Crippen LogP contribution in [0.4, 0.5) is 60.5 Å². The molecule has 0 N–H and O–H groups in total. The van der Waals surface area contributed by atoms with Gasteiger partial charge in [-0.25, -0.2) is 26.3 Å². The lowest BCUT2D eigenvalue weighted by atomic mass is 10.0. The molecule has 4 nitrogen and oxygen atoms in total. The smallest absolute Gasteiger partial charge is 0.150 e. The highest BCUT2D eigenvalue weighted by Crippen LogP contribution is 2.44. The summed E-state index contributed by atoms with van der Waals surface area (Å²) in [6, 6.07) is 62.2. The van der Waals surface area contributed by atoms with Crippen molar-refractivity contribution in [3.05, 3.63) is 253 Å². The number of hydrogen-bond donors (Lipinski definition) is 0. The third kappa shape index (κ3) is 7.11. The monoisotopic (exact) mass is 926 g/mol. The van der Waals surface area contributed by atoms with E-state index in [9.17, 15) is 8.78 Å². The molecule has 12 rings (SSSR count). The van der Waals surface area contributed by atoms with E-state index in [0.717, 1.165) is 55.8 Å². The molecule has 0 unspecified atom stereocenters. The number of aromatic nitrogens is 2. The van der Waals surface area contributed by atoms with E-state index in [0.29, 0.717) is 45.2 Å². The molecular formula is C60H36F6N4. The van der Waals surface area contributed by atoms with Crippen LogP contribution in [0.2, 0.25) is 0 Å². The van der Waals surface area contributed by atoms with Gasteiger partial charge in [0.05, 0.1) is 44.8 Å². The van der Waals surface area contributed by atoms with Crippen molar-refractivity contribution in [1.29, 1.82) is 0 Å². The number of anilines is 6. The van der Waals surface area contributed by atoms with Gasteiger partial charge in [-0.2, -0.15) is 0 Å². The fourth-order valence-corrected chi connectivity index (χ4v) is 9.77. The molecule has 0 fully saturated rings. The molecule has 0 amide bonds. The summed E-state index contributed by atoms with van der Waals surface area (Å²) >= 11 is 0. The largest absolute Gasteiger partial charge is 0.308 e. The van der Waals surface area contributed by atoms with Gasteiger partial charge in [-0.05, 0) is 132 Å². The van der Waals surface area contributed by atoms with Gasteiger partial charge in [0.25, 0.3) is 0 Å². The second-order valence-electron chi connectivity index (χ2n) is 17.0. The Labute approximate surface area is 397 Å². The lowest BCUT2D eigenvalue weighted by molar-refractivity contribution is 0.578. The minimum absolute atomic E-state index is 0.208. The summed E-state index contributed by atoms with van der Waals surface area (Å²) in [5.74, 6) is -3.58. The van der Waals surface area contributed by atoms with Crippen LogP contribution in [0.5, 0.6) is 0 Å². The lowest BCUT2D eigenvalue weighted by Crippen LogP contribution is -2.12. The Morgan fingerprint density at radius 2 is 0.629 bits per heavy atom. The lowest BCUT2D eigenvalue weighted by Gasteiger charge is -2.27. The molecule has 10 heteroatoms. The van der Waals surface area contributed by atoms with Crippen molar-refractivity contribution in [3.8, 4) is 22.5 Å². The SMILES string of the molecule is Fc1ccc(-n2c3ccccc3c3cc(N(c4ccc(-c5ccc(N(c6ccc7c(c6)c6ccccc6n7-c6ccc(F)cc6F)c6ccccc6F)cc5)cc4)c4ccccc4F)ccc32)c(F)c1. The number of rotatable bonds is 9. The van der Waals surface area contributed by atoms with E-state index in [1.807, 2.05) is 143 Å². The molecule has 0 aliphatic heterocycles. The number of nitrogens with zero attached hydrogens (tertiary/aromatic N) is 4. The van der Waals surface area contributed by atoms with Gasteiger partial charge in [0.15, 0.2) is 0 Å². The maximum Gasteiger partial charge on any atom is 0.150 e. The van der Waals surface area contributed by atoms with Crippen molar-refractivity contribution in [1.82, 2.24) is 9.13 Å². The second kappa shape index (κ2) is 16.9. The van der Waals surface area contributed by atoms with E-state index in [-0.39, 0.29) is 11.4 Å². The summed E-state index contributed by atoms with van der Waals surface area (Å²) in [5.41, 5.74) is 8.37. The zero-order valence-electron chi connectivity index (χ0n) is 36.8. The molecule has 0 saturated carbocycles. The number of halogens is 6. The van der Waals surface area contributed by atoms with Crippen molar-refractivity contribution in [2.24, 2.45) is 0 Å². The van der Waals surface area contributed by atoms with Crippen LogP contribution in [0, 0.1) is 34.9 Å². The molecule has 0 radical (unpaired) electrons. The molecule has 12 aromatic rings. The van der Waals surface area contributed by atoms with E-state index in [1.54, 1.807) is 45.5 Å². The Morgan fingerprint density at radius 1 is 0.271 bits per heavy atom. The minimum atomic E-state index is -0.695. The standard InChI is InChI=1S/C60H36F6N4/c61-39-21-29-59(51(65)33-39)69-53-13-5-1-9-45(53)47-35-43(27-31-55(47)69)67(57-15-7-3-11-49(57)63)41-23-17-37(18-24-41)38-19-25-42(26-20-38)68(58-16-8-4-12-50(58)64)44-28-32-56-48(36-44)46-10-2-6-14-54(46)70(56)60-30-22-40(62)34-52(60)66/h1-36H. The van der Waals surface area contributed by atoms with Gasteiger partial charge in [0.2, 0.25) is 0 Å². The van der Waals surface area contributed by atoms with Crippen LogP contribution < -0.4 is 9.80 Å². The third-order valence-corrected chi connectivity index (χ3v) is 12.9. The van der Waals surface area contributed by atoms with Gasteiger partial charge >= 0.3 is 0 Å². The first-order chi connectivity index (χ1) is 34.2. The van der Waals surface area contributed by atoms with Crippen LogP contribution in [0.1, 0.15) is 0 Å². The Kier molecular flexibility index (Phi) is 10.2. The predicted molar refractivity (Wildman–Crippen MR) is 270 cm³/mol. The molecule has 0 aliphatic carbocycles. The average Bonchev–Trinajstić information content (AvgIpc) is 3.88. The fourth-order valence-electron chi connectivity index (χ4n) is 9.77. The zero-order chi connectivity index (χ0) is 47.6. The minimum Gasteiger partial charge on any atom is -0.308 e. The predicted octanol–water partition coefficient (Wildman–Crippen LogP) is 17.3. The van der Waals surface area contributed by atoms with Gasteiger partial charge in [-0.1, -0.05) is 84.9 Å². The van der Waals surface area contributed by atoms with Crippen LogP contribution in [-0.2, 0) is 0 Å². The van der Waals surface area contributed by atoms with Crippen molar-refractivity contribution in [2.75, 3.05) is 9.80 Å². The molecule has 10 aromatic carbocycles. The van der Waals surface area contributed by atoms with E-state index < -0.39 is 34.9 Å². The average molecular weight is 927 g/mol. The molecule has 0 atom stereocenters. The summed E-state index contributed by atoms with van der Waals surface area (Å²) in [6.07, 6.45) is 0. The summed E-state index contributed by atoms with van der Waals surface area (Å²) in [7, 11) is 0. The molecular weight excluding hydrogens is 891 g/mol. The topological polar surface area (TPSA) is 16.3 Å². The third-order valence-electron chi connectivity index (χ3n) is 12.9. The van der Waals surface area contributed by atoms with Gasteiger partial charge in [-0.15, -0.1) is 0 Å². The summed E-state index contributed by atoms with van der Waals surface area (Å²) in [5, 5.41) is 3.28. The zero-order valence-corrected chi connectivity index (χ0v) is 36.8. The van der Waals surface area contributed by atoms with Gasteiger partial charge in [0.1, 0.15) is 34.9 Å². The number of fused-ring (bicyclic) bond motifs is 6. The van der Waals surface area contributed by atoms with Crippen LogP contribution in [0.25, 0.3) is 66.1 Å². The van der Waals surface area contributed by atoms with E-state index in [1.165, 1.54) is 36.4 Å². The van der Waals surface area contributed by atoms with Crippen LogP contribution in [-0.4, -0.2) is 9.13 Å². The summed E-state index contributed by atoms with van der Waals surface area (Å²) in [6.45, 7) is 0. The fraction of sp³-hybridized carbons (Fsp3) is 0. The Hall–Kier alpha value is -9.02. The number of benzene rings is 10. The van der Waals surface area contributed by atoms with Crippen molar-refractivity contribution in [2.45, 2.75) is 0 Å². The molecule has 0 aliphatic rings. The van der Waals surface area contributed by atoms with Gasteiger partial charge < -0.3 is 18.9 Å². The Bertz CT molecular complexity index is 3730. The van der Waals surface area contributed by atoms with Crippen LogP contribution in [0.15, 0.2) is 218 Å². The quantitative estimate of drug-likeness (QED) is 0.134. The first-order valence-corrected chi connectivity index (χ1v) is 22.5. The summed E-state index contributed by atoms with van der Waals surface area (Å²) in [4.78, 5) is 3.67. The molecule has 0 bridgehead atoms. The second-order valence-corrected chi connectivity index (χ2v) is 17.0. The van der Waals surface area contributed by atoms with E-state index in [2.05, 4.69) is 0 Å². The summed E-state index contributed by atoms with van der Waals surface area (Å²) < 4.78 is 94.0. The van der Waals surface area contributed by atoms with E-state index >= 15 is 17.6 Å². The first-order valence-electron chi connectivity index (χ1n) is 22.5. The van der Waals surface area contributed by atoms with Crippen molar-refractivity contribution < 1.29 is 26.3 Å². The maximum atomic E-state index is 15.9. The number of para-hydroxylation sites is 4. The first kappa shape index (κ1) is 42.3. The van der Waals surface area contributed by atoms with Crippen molar-refractivity contribution in [3.63, 3.8) is 0 Å². The molecule has 0 spiro atoms. The van der Waals surface area contributed by atoms with Crippen LogP contribution in [0.3, 0.4) is 0 Å². The molecule has 338 valence electrons. The molecule has 0 saturated heterocycles. The molecule has 70 heavy (non-hydrogen) atoms. The van der Waals surface area contributed by atoms with Gasteiger partial charge in [0, 0.05) is 56.4 Å². The van der Waals surface area contributed by atoms with E-state index in [4.69, 9.17) is 0 Å².